The van der Waals surface area contributed by atoms with Gasteiger partial charge in [0.15, 0.2) is 0 Å². The highest BCUT2D eigenvalue weighted by Crippen LogP contribution is 2.26. The molecule has 1 heterocycles. The maximum atomic E-state index is 13.0. The fraction of sp³-hybridized carbons (Fsp3) is 0.214. The Bertz CT molecular complexity index is 557. The highest BCUT2D eigenvalue weighted by atomic mass is 79.9. The Hall–Kier alpha value is -1.42. The van der Waals surface area contributed by atoms with Crippen molar-refractivity contribution in [3.05, 3.63) is 58.1 Å². The zero-order valence-corrected chi connectivity index (χ0v) is 11.8. The maximum absolute atomic E-state index is 13.0. The van der Waals surface area contributed by atoms with Crippen LogP contribution in [0.1, 0.15) is 24.1 Å². The zero-order chi connectivity index (χ0) is 13.1. The molecule has 0 saturated heterocycles. The van der Waals surface area contributed by atoms with E-state index in [2.05, 4.69) is 26.2 Å². The van der Waals surface area contributed by atoms with Gasteiger partial charge in [-0.2, -0.15) is 0 Å². The third-order valence-electron chi connectivity index (χ3n) is 2.69. The van der Waals surface area contributed by atoms with Crippen LogP contribution in [0.3, 0.4) is 0 Å². The van der Waals surface area contributed by atoms with Crippen LogP contribution in [0.25, 0.3) is 0 Å². The minimum atomic E-state index is -0.241. The second-order valence-corrected chi connectivity index (χ2v) is 5.14. The first kappa shape index (κ1) is 13.0. The molecule has 0 amide bonds. The largest absolute Gasteiger partial charge is 0.377 e. The number of rotatable bonds is 3. The van der Waals surface area contributed by atoms with E-state index in [0.29, 0.717) is 0 Å². The minimum Gasteiger partial charge on any atom is -0.377 e. The summed E-state index contributed by atoms with van der Waals surface area (Å²) < 4.78 is 13.8. The number of nitrogens with one attached hydrogen (secondary N) is 1. The molecule has 0 aliphatic rings. The fourth-order valence-corrected chi connectivity index (χ4v) is 2.51. The van der Waals surface area contributed by atoms with Gasteiger partial charge in [0, 0.05) is 22.9 Å². The van der Waals surface area contributed by atoms with Crippen LogP contribution in [-0.2, 0) is 0 Å². The van der Waals surface area contributed by atoms with E-state index in [-0.39, 0.29) is 11.9 Å². The van der Waals surface area contributed by atoms with Crippen molar-refractivity contribution in [1.82, 2.24) is 4.98 Å². The summed E-state index contributed by atoms with van der Waals surface area (Å²) in [5.41, 5.74) is 3.07. The summed E-state index contributed by atoms with van der Waals surface area (Å²) in [6, 6.07) is 6.82. The second-order valence-electron chi connectivity index (χ2n) is 4.28. The van der Waals surface area contributed by atoms with E-state index in [1.807, 2.05) is 26.1 Å². The van der Waals surface area contributed by atoms with E-state index in [9.17, 15) is 4.39 Å². The highest BCUT2D eigenvalue weighted by Gasteiger charge is 2.10. The van der Waals surface area contributed by atoms with Gasteiger partial charge in [0.05, 0.1) is 5.69 Å². The van der Waals surface area contributed by atoms with Crippen LogP contribution in [-0.4, -0.2) is 4.98 Å². The summed E-state index contributed by atoms with van der Waals surface area (Å²) in [5.74, 6) is -0.241. The molecular weight excluding hydrogens is 295 g/mol. The van der Waals surface area contributed by atoms with E-state index in [1.165, 1.54) is 12.1 Å². The molecule has 0 spiro atoms. The lowest BCUT2D eigenvalue weighted by atomic mass is 10.1. The van der Waals surface area contributed by atoms with Crippen LogP contribution in [0.15, 0.2) is 41.1 Å². The van der Waals surface area contributed by atoms with Gasteiger partial charge in [0.2, 0.25) is 0 Å². The average Bonchev–Trinajstić information content (AvgIpc) is 2.28. The predicted octanol–water partition coefficient (Wildman–Crippen LogP) is 4.46. The van der Waals surface area contributed by atoms with Gasteiger partial charge in [-0.25, -0.2) is 4.39 Å². The molecule has 0 saturated carbocycles. The SMILES string of the molecule is Cc1cncc(NC(C)c2ccc(F)cc2Br)c1. The molecule has 2 nitrogen and oxygen atoms in total. The molecule has 2 aromatic rings. The summed E-state index contributed by atoms with van der Waals surface area (Å²) in [6.07, 6.45) is 3.59. The van der Waals surface area contributed by atoms with Crippen LogP contribution >= 0.6 is 15.9 Å². The fourth-order valence-electron chi connectivity index (χ4n) is 1.81. The zero-order valence-electron chi connectivity index (χ0n) is 10.2. The third kappa shape index (κ3) is 3.07. The van der Waals surface area contributed by atoms with E-state index >= 15 is 0 Å². The summed E-state index contributed by atoms with van der Waals surface area (Å²) in [6.45, 7) is 4.02. The van der Waals surface area contributed by atoms with E-state index < -0.39 is 0 Å². The third-order valence-corrected chi connectivity index (χ3v) is 3.37. The molecule has 94 valence electrons. The molecule has 0 fully saturated rings. The monoisotopic (exact) mass is 308 g/mol. The topological polar surface area (TPSA) is 24.9 Å². The van der Waals surface area contributed by atoms with Crippen molar-refractivity contribution in [3.8, 4) is 0 Å². The van der Waals surface area contributed by atoms with Gasteiger partial charge in [-0.15, -0.1) is 0 Å². The molecule has 0 bridgehead atoms. The number of hydrogen-bond donors (Lipinski definition) is 1. The lowest BCUT2D eigenvalue weighted by Gasteiger charge is -2.17. The van der Waals surface area contributed by atoms with Gasteiger partial charge in [-0.3, -0.25) is 4.98 Å². The minimum absolute atomic E-state index is 0.0728. The first-order valence-corrected chi connectivity index (χ1v) is 6.48. The molecule has 1 atom stereocenters. The molecule has 2 rings (SSSR count). The molecule has 0 radical (unpaired) electrons. The summed E-state index contributed by atoms with van der Waals surface area (Å²) in [4.78, 5) is 4.13. The Morgan fingerprint density at radius 1 is 1.28 bits per heavy atom. The molecule has 1 aromatic carbocycles. The highest BCUT2D eigenvalue weighted by molar-refractivity contribution is 9.10. The normalized spacial score (nSPS) is 12.2. The molecular formula is C14H14BrFN2. The summed E-state index contributed by atoms with van der Waals surface area (Å²) in [7, 11) is 0. The maximum Gasteiger partial charge on any atom is 0.124 e. The molecule has 0 aliphatic carbocycles. The molecule has 0 aliphatic heterocycles. The van der Waals surface area contributed by atoms with Gasteiger partial charge in [-0.1, -0.05) is 22.0 Å². The Labute approximate surface area is 114 Å². The van der Waals surface area contributed by atoms with Crippen molar-refractivity contribution in [2.24, 2.45) is 0 Å². The number of aryl methyl sites for hydroxylation is 1. The molecule has 1 N–H and O–H groups in total. The summed E-state index contributed by atoms with van der Waals surface area (Å²) in [5, 5.41) is 3.34. The standard InChI is InChI=1S/C14H14BrFN2/c1-9-5-12(8-17-7-9)18-10(2)13-4-3-11(16)6-14(13)15/h3-8,10,18H,1-2H3. The Kier molecular flexibility index (Phi) is 3.97. The number of halogens is 2. The number of hydrogen-bond acceptors (Lipinski definition) is 2. The van der Waals surface area contributed by atoms with Crippen molar-refractivity contribution >= 4 is 21.6 Å². The number of benzene rings is 1. The predicted molar refractivity (Wildman–Crippen MR) is 75.1 cm³/mol. The van der Waals surface area contributed by atoms with Gasteiger partial charge >= 0.3 is 0 Å². The Morgan fingerprint density at radius 2 is 2.06 bits per heavy atom. The van der Waals surface area contributed by atoms with Crippen molar-refractivity contribution in [1.29, 1.82) is 0 Å². The van der Waals surface area contributed by atoms with E-state index in [1.54, 1.807) is 12.3 Å². The van der Waals surface area contributed by atoms with Crippen molar-refractivity contribution < 1.29 is 4.39 Å². The van der Waals surface area contributed by atoms with Crippen molar-refractivity contribution in [2.45, 2.75) is 19.9 Å². The van der Waals surface area contributed by atoms with Crippen molar-refractivity contribution in [3.63, 3.8) is 0 Å². The lowest BCUT2D eigenvalue weighted by molar-refractivity contribution is 0.625. The molecule has 4 heteroatoms. The number of pyridine rings is 1. The van der Waals surface area contributed by atoms with Crippen LogP contribution < -0.4 is 5.32 Å². The van der Waals surface area contributed by atoms with Crippen LogP contribution in [0.4, 0.5) is 10.1 Å². The first-order chi connectivity index (χ1) is 8.56. The van der Waals surface area contributed by atoms with Crippen molar-refractivity contribution in [2.75, 3.05) is 5.32 Å². The number of anilines is 1. The van der Waals surface area contributed by atoms with E-state index in [4.69, 9.17) is 0 Å². The lowest BCUT2D eigenvalue weighted by Crippen LogP contribution is -2.07. The average molecular weight is 309 g/mol. The summed E-state index contributed by atoms with van der Waals surface area (Å²) >= 11 is 3.38. The first-order valence-electron chi connectivity index (χ1n) is 5.69. The Morgan fingerprint density at radius 3 is 2.72 bits per heavy atom. The van der Waals surface area contributed by atoms with Gasteiger partial charge in [-0.05, 0) is 43.2 Å². The molecule has 1 unspecified atom stereocenters. The van der Waals surface area contributed by atoms with Gasteiger partial charge < -0.3 is 5.32 Å². The van der Waals surface area contributed by atoms with Crippen LogP contribution in [0, 0.1) is 12.7 Å². The van der Waals surface area contributed by atoms with Crippen LogP contribution in [0.2, 0.25) is 0 Å². The molecule has 1 aromatic heterocycles. The second kappa shape index (κ2) is 5.48. The van der Waals surface area contributed by atoms with Gasteiger partial charge in [0.1, 0.15) is 5.82 Å². The number of aromatic nitrogens is 1. The number of nitrogens with zero attached hydrogens (tertiary/aromatic N) is 1. The Balaban J connectivity index is 2.19. The van der Waals surface area contributed by atoms with Crippen LogP contribution in [0.5, 0.6) is 0 Å². The van der Waals surface area contributed by atoms with Gasteiger partial charge in [0.25, 0.3) is 0 Å². The quantitative estimate of drug-likeness (QED) is 0.905. The smallest absolute Gasteiger partial charge is 0.124 e. The van der Waals surface area contributed by atoms with E-state index in [0.717, 1.165) is 21.3 Å². The molecule has 18 heavy (non-hydrogen) atoms.